The molecule has 0 saturated carbocycles. The molecule has 0 bridgehead atoms. The normalized spacial score (nSPS) is 19.9. The SMILES string of the molecule is CN(Cc1ccc(F)c(F)c1)C1CCCNCC1.Cl. The summed E-state index contributed by atoms with van der Waals surface area (Å²) in [6, 6.07) is 4.67. The molecule has 0 aromatic heterocycles. The van der Waals surface area contributed by atoms with Crippen LogP contribution in [0.1, 0.15) is 24.8 Å². The van der Waals surface area contributed by atoms with E-state index in [9.17, 15) is 8.78 Å². The zero-order valence-corrected chi connectivity index (χ0v) is 12.0. The summed E-state index contributed by atoms with van der Waals surface area (Å²) in [5.41, 5.74) is 0.827. The molecule has 1 fully saturated rings. The zero-order chi connectivity index (χ0) is 13.0. The Kier molecular flexibility index (Phi) is 6.69. The topological polar surface area (TPSA) is 15.3 Å². The predicted octanol–water partition coefficient (Wildman–Crippen LogP) is 2.96. The molecule has 1 unspecified atom stereocenters. The van der Waals surface area contributed by atoms with Crippen LogP contribution in [0.5, 0.6) is 0 Å². The van der Waals surface area contributed by atoms with E-state index in [4.69, 9.17) is 0 Å². The highest BCUT2D eigenvalue weighted by atomic mass is 35.5. The first-order chi connectivity index (χ1) is 8.66. The van der Waals surface area contributed by atoms with Crippen molar-refractivity contribution in [1.29, 1.82) is 0 Å². The Morgan fingerprint density at radius 2 is 2.00 bits per heavy atom. The number of hydrogen-bond acceptors (Lipinski definition) is 2. The molecule has 1 N–H and O–H groups in total. The fourth-order valence-corrected chi connectivity index (χ4v) is 2.50. The minimum atomic E-state index is -0.778. The van der Waals surface area contributed by atoms with E-state index in [1.54, 1.807) is 6.07 Å². The Labute approximate surface area is 119 Å². The summed E-state index contributed by atoms with van der Waals surface area (Å²) < 4.78 is 26.0. The Hall–Kier alpha value is -0.710. The van der Waals surface area contributed by atoms with Gasteiger partial charge in [-0.25, -0.2) is 8.78 Å². The second kappa shape index (κ2) is 7.78. The van der Waals surface area contributed by atoms with E-state index in [2.05, 4.69) is 17.3 Å². The fraction of sp³-hybridized carbons (Fsp3) is 0.571. The molecule has 0 aliphatic carbocycles. The predicted molar refractivity (Wildman–Crippen MR) is 75.6 cm³/mol. The van der Waals surface area contributed by atoms with Crippen molar-refractivity contribution in [3.63, 3.8) is 0 Å². The summed E-state index contributed by atoms with van der Waals surface area (Å²) in [6.45, 7) is 2.78. The minimum absolute atomic E-state index is 0. The van der Waals surface area contributed by atoms with Crippen molar-refractivity contribution in [2.45, 2.75) is 31.8 Å². The van der Waals surface area contributed by atoms with Crippen LogP contribution in [0.25, 0.3) is 0 Å². The molecule has 19 heavy (non-hydrogen) atoms. The van der Waals surface area contributed by atoms with Crippen LogP contribution >= 0.6 is 12.4 Å². The van der Waals surface area contributed by atoms with Gasteiger partial charge < -0.3 is 5.32 Å². The molecule has 0 spiro atoms. The summed E-state index contributed by atoms with van der Waals surface area (Å²) in [6.07, 6.45) is 3.44. The van der Waals surface area contributed by atoms with Gasteiger partial charge in [0.2, 0.25) is 0 Å². The highest BCUT2D eigenvalue weighted by Gasteiger charge is 2.17. The summed E-state index contributed by atoms with van der Waals surface area (Å²) in [5, 5.41) is 3.38. The molecule has 1 heterocycles. The summed E-state index contributed by atoms with van der Waals surface area (Å²) >= 11 is 0. The van der Waals surface area contributed by atoms with E-state index in [1.165, 1.54) is 18.6 Å². The van der Waals surface area contributed by atoms with Gasteiger partial charge in [0, 0.05) is 12.6 Å². The highest BCUT2D eigenvalue weighted by Crippen LogP contribution is 2.16. The van der Waals surface area contributed by atoms with Gasteiger partial charge in [0.05, 0.1) is 0 Å². The third-order valence-corrected chi connectivity index (χ3v) is 3.58. The molecular formula is C14H21ClF2N2. The molecular weight excluding hydrogens is 270 g/mol. The molecule has 5 heteroatoms. The molecule has 1 aliphatic rings. The van der Waals surface area contributed by atoms with Crippen LogP contribution in [0.15, 0.2) is 18.2 Å². The Morgan fingerprint density at radius 3 is 2.74 bits per heavy atom. The van der Waals surface area contributed by atoms with Crippen LogP contribution in [-0.4, -0.2) is 31.1 Å². The summed E-state index contributed by atoms with van der Waals surface area (Å²) in [7, 11) is 2.05. The van der Waals surface area contributed by atoms with Crippen molar-refractivity contribution in [3.8, 4) is 0 Å². The monoisotopic (exact) mass is 290 g/mol. The molecule has 1 aromatic carbocycles. The standard InChI is InChI=1S/C14H20F2N2.ClH/c1-18(12-3-2-7-17-8-6-12)10-11-4-5-13(15)14(16)9-11;/h4-5,9,12,17H,2-3,6-8,10H2,1H3;1H. The average Bonchev–Trinajstić information content (AvgIpc) is 2.62. The quantitative estimate of drug-likeness (QED) is 0.921. The maximum Gasteiger partial charge on any atom is 0.159 e. The molecule has 0 radical (unpaired) electrons. The molecule has 2 nitrogen and oxygen atoms in total. The first-order valence-electron chi connectivity index (χ1n) is 6.51. The van der Waals surface area contributed by atoms with Crippen LogP contribution in [-0.2, 0) is 6.54 Å². The van der Waals surface area contributed by atoms with Crippen molar-refractivity contribution in [2.24, 2.45) is 0 Å². The number of halogens is 3. The van der Waals surface area contributed by atoms with Crippen LogP contribution in [0.4, 0.5) is 8.78 Å². The number of benzene rings is 1. The third-order valence-electron chi connectivity index (χ3n) is 3.58. The molecule has 1 atom stereocenters. The van der Waals surface area contributed by atoms with E-state index >= 15 is 0 Å². The lowest BCUT2D eigenvalue weighted by Gasteiger charge is -2.26. The number of nitrogens with one attached hydrogen (secondary N) is 1. The van der Waals surface area contributed by atoms with Gasteiger partial charge in [0.15, 0.2) is 11.6 Å². The average molecular weight is 291 g/mol. The minimum Gasteiger partial charge on any atom is -0.317 e. The van der Waals surface area contributed by atoms with Crippen LogP contribution < -0.4 is 5.32 Å². The summed E-state index contributed by atoms with van der Waals surface area (Å²) in [5.74, 6) is -1.54. The van der Waals surface area contributed by atoms with Crippen LogP contribution in [0, 0.1) is 11.6 Å². The first-order valence-corrected chi connectivity index (χ1v) is 6.51. The molecule has 0 amide bonds. The second-order valence-electron chi connectivity index (χ2n) is 5.00. The van der Waals surface area contributed by atoms with Gasteiger partial charge in [0.1, 0.15) is 0 Å². The van der Waals surface area contributed by atoms with E-state index in [0.717, 1.165) is 31.5 Å². The molecule has 2 rings (SSSR count). The lowest BCUT2D eigenvalue weighted by Crippen LogP contribution is -2.32. The van der Waals surface area contributed by atoms with Crippen LogP contribution in [0.2, 0.25) is 0 Å². The van der Waals surface area contributed by atoms with Gasteiger partial charge in [-0.15, -0.1) is 12.4 Å². The van der Waals surface area contributed by atoms with Gasteiger partial charge in [-0.1, -0.05) is 6.07 Å². The Bertz CT molecular complexity index is 393. The largest absolute Gasteiger partial charge is 0.317 e. The maximum atomic E-state index is 13.1. The maximum absolute atomic E-state index is 13.1. The first kappa shape index (κ1) is 16.3. The Balaban J connectivity index is 0.00000180. The van der Waals surface area contributed by atoms with E-state index < -0.39 is 11.6 Å². The third kappa shape index (κ3) is 4.71. The number of nitrogens with zero attached hydrogens (tertiary/aromatic N) is 1. The lowest BCUT2D eigenvalue weighted by molar-refractivity contribution is 0.216. The van der Waals surface area contributed by atoms with Crippen molar-refractivity contribution >= 4 is 12.4 Å². The smallest absolute Gasteiger partial charge is 0.159 e. The van der Waals surface area contributed by atoms with Gasteiger partial charge >= 0.3 is 0 Å². The number of hydrogen-bond donors (Lipinski definition) is 1. The van der Waals surface area contributed by atoms with E-state index in [0.29, 0.717) is 12.6 Å². The molecule has 108 valence electrons. The van der Waals surface area contributed by atoms with Crippen molar-refractivity contribution in [3.05, 3.63) is 35.4 Å². The number of rotatable bonds is 3. The highest BCUT2D eigenvalue weighted by molar-refractivity contribution is 5.85. The van der Waals surface area contributed by atoms with Gasteiger partial charge in [-0.2, -0.15) is 0 Å². The lowest BCUT2D eigenvalue weighted by atomic mass is 10.1. The van der Waals surface area contributed by atoms with Gasteiger partial charge in [-0.05, 0) is 57.1 Å². The Morgan fingerprint density at radius 1 is 1.21 bits per heavy atom. The summed E-state index contributed by atoms with van der Waals surface area (Å²) in [4.78, 5) is 2.24. The van der Waals surface area contributed by atoms with E-state index in [1.807, 2.05) is 0 Å². The second-order valence-corrected chi connectivity index (χ2v) is 5.00. The molecule has 1 aromatic rings. The van der Waals surface area contributed by atoms with Crippen molar-refractivity contribution in [2.75, 3.05) is 20.1 Å². The molecule has 1 saturated heterocycles. The zero-order valence-electron chi connectivity index (χ0n) is 11.2. The van der Waals surface area contributed by atoms with E-state index in [-0.39, 0.29) is 12.4 Å². The molecule has 1 aliphatic heterocycles. The fourth-order valence-electron chi connectivity index (χ4n) is 2.50. The van der Waals surface area contributed by atoms with Crippen LogP contribution in [0.3, 0.4) is 0 Å². The van der Waals surface area contributed by atoms with Crippen molar-refractivity contribution in [1.82, 2.24) is 10.2 Å². The van der Waals surface area contributed by atoms with Crippen molar-refractivity contribution < 1.29 is 8.78 Å². The van der Waals surface area contributed by atoms with Gasteiger partial charge in [0.25, 0.3) is 0 Å². The van der Waals surface area contributed by atoms with Gasteiger partial charge in [-0.3, -0.25) is 4.90 Å².